The largest absolute Gasteiger partial charge is 0.417 e. The lowest BCUT2D eigenvalue weighted by molar-refractivity contribution is -0.145. The van der Waals surface area contributed by atoms with Crippen LogP contribution >= 0.6 is 0 Å². The fourth-order valence-electron chi connectivity index (χ4n) is 4.11. The number of piperidine rings is 1. The van der Waals surface area contributed by atoms with Crippen molar-refractivity contribution in [1.82, 2.24) is 15.2 Å². The van der Waals surface area contributed by atoms with Gasteiger partial charge < -0.3 is 15.5 Å². The van der Waals surface area contributed by atoms with Crippen LogP contribution in [-0.2, 0) is 11.0 Å². The van der Waals surface area contributed by atoms with Crippen molar-refractivity contribution >= 4 is 23.7 Å². The molecule has 1 aliphatic heterocycles. The molecule has 2 heterocycles. The van der Waals surface area contributed by atoms with Crippen LogP contribution in [0, 0.1) is 17.1 Å². The summed E-state index contributed by atoms with van der Waals surface area (Å²) < 4.78 is 95.7. The van der Waals surface area contributed by atoms with Crippen LogP contribution in [0.3, 0.4) is 0 Å². The van der Waals surface area contributed by atoms with Crippen molar-refractivity contribution in [3.05, 3.63) is 59.1 Å². The van der Waals surface area contributed by atoms with E-state index < -0.39 is 71.7 Å². The number of hydrogen-bond acceptors (Lipinski definition) is 6. The molecule has 7 nitrogen and oxygen atoms in total. The molecule has 40 heavy (non-hydrogen) atoms. The van der Waals surface area contributed by atoms with Gasteiger partial charge in [-0.25, -0.2) is 22.5 Å². The molecule has 14 heteroatoms. The second-order valence-corrected chi connectivity index (χ2v) is 9.12. The van der Waals surface area contributed by atoms with E-state index in [4.69, 9.17) is 5.41 Å². The van der Waals surface area contributed by atoms with Gasteiger partial charge >= 0.3 is 6.18 Å². The second kappa shape index (κ2) is 13.6. The molecule has 1 aromatic heterocycles. The molecule has 1 fully saturated rings. The number of allylic oxidation sites excluding steroid dienone is 4. The summed E-state index contributed by atoms with van der Waals surface area (Å²) in [5.74, 6) is -7.79. The summed E-state index contributed by atoms with van der Waals surface area (Å²) in [5, 5.41) is 13.7. The number of rotatable bonds is 10. The van der Waals surface area contributed by atoms with Gasteiger partial charge in [-0.15, -0.1) is 0 Å². The summed E-state index contributed by atoms with van der Waals surface area (Å²) in [6, 6.07) is -0.755. The fourth-order valence-corrected chi connectivity index (χ4v) is 4.11. The summed E-state index contributed by atoms with van der Waals surface area (Å²) in [6.45, 7) is 3.24. The predicted octanol–water partition coefficient (Wildman–Crippen LogP) is 5.88. The molecule has 0 aliphatic carbocycles. The first-order chi connectivity index (χ1) is 18.6. The molecule has 0 bridgehead atoms. The van der Waals surface area contributed by atoms with Crippen LogP contribution in [0.15, 0.2) is 52.7 Å². The Morgan fingerprint density at radius 3 is 2.58 bits per heavy atom. The molecular weight excluding hydrogens is 545 g/mol. The third kappa shape index (κ3) is 8.39. The normalized spacial score (nSPS) is 20.6. The number of hydrogen-bond donors (Lipinski definition) is 3. The molecule has 2 unspecified atom stereocenters. The van der Waals surface area contributed by atoms with Crippen LogP contribution in [0.5, 0.6) is 0 Å². The summed E-state index contributed by atoms with van der Waals surface area (Å²) in [6.07, 6.45) is 0.201. The summed E-state index contributed by atoms with van der Waals surface area (Å²) in [5.41, 5.74) is -2.04. The molecular formula is C26H31F7N6O. The second-order valence-electron chi connectivity index (χ2n) is 9.12. The average molecular weight is 577 g/mol. The minimum absolute atomic E-state index is 0.0507. The Balaban J connectivity index is 2.40. The van der Waals surface area contributed by atoms with Gasteiger partial charge in [-0.05, 0) is 25.3 Å². The van der Waals surface area contributed by atoms with Crippen molar-refractivity contribution in [3.8, 4) is 0 Å². The summed E-state index contributed by atoms with van der Waals surface area (Å²) >= 11 is 0. The Hall–Kier alpha value is -3.71. The molecule has 1 amide bonds. The lowest BCUT2D eigenvalue weighted by Gasteiger charge is -2.43. The molecule has 2 rings (SSSR count). The maximum absolute atomic E-state index is 14.6. The van der Waals surface area contributed by atoms with Gasteiger partial charge in [0.1, 0.15) is 11.5 Å². The molecule has 0 aromatic carbocycles. The van der Waals surface area contributed by atoms with Crippen molar-refractivity contribution < 1.29 is 35.5 Å². The van der Waals surface area contributed by atoms with E-state index in [0.29, 0.717) is 12.6 Å². The Bertz CT molecular complexity index is 1210. The number of aromatic nitrogens is 1. The van der Waals surface area contributed by atoms with Crippen molar-refractivity contribution in [1.29, 1.82) is 5.41 Å². The van der Waals surface area contributed by atoms with E-state index in [-0.39, 0.29) is 23.9 Å². The highest BCUT2D eigenvalue weighted by Gasteiger charge is 2.47. The number of anilines is 1. The Labute approximate surface area is 227 Å². The number of carbonyl (C=O) groups is 1. The average Bonchev–Trinajstić information content (AvgIpc) is 2.87. The first-order valence-electron chi connectivity index (χ1n) is 12.3. The van der Waals surface area contributed by atoms with Gasteiger partial charge in [0.25, 0.3) is 11.8 Å². The molecule has 1 aliphatic rings. The van der Waals surface area contributed by atoms with Gasteiger partial charge in [0.15, 0.2) is 11.6 Å². The highest BCUT2D eigenvalue weighted by atomic mass is 19.4. The Kier molecular flexibility index (Phi) is 11.0. The minimum atomic E-state index is -4.81. The number of halogens is 7. The lowest BCUT2D eigenvalue weighted by Crippen LogP contribution is -2.59. The molecule has 3 N–H and O–H groups in total. The molecule has 0 spiro atoms. The summed E-state index contributed by atoms with van der Waals surface area (Å²) in [4.78, 5) is 21.7. The molecule has 220 valence electrons. The van der Waals surface area contributed by atoms with Crippen LogP contribution in [-0.4, -0.2) is 59.8 Å². The van der Waals surface area contributed by atoms with Crippen LogP contribution in [0.4, 0.5) is 36.6 Å². The zero-order chi connectivity index (χ0) is 30.3. The van der Waals surface area contributed by atoms with Crippen molar-refractivity contribution in [2.45, 2.75) is 51.8 Å². The van der Waals surface area contributed by atoms with Crippen LogP contribution in [0.2, 0.25) is 0 Å². The third-order valence-electron chi connectivity index (χ3n) is 6.04. The number of aliphatic imine (C=N–C) groups is 1. The van der Waals surface area contributed by atoms with Crippen molar-refractivity contribution in [2.24, 2.45) is 10.9 Å². The number of pyridine rings is 1. The molecule has 2 atom stereocenters. The molecule has 0 saturated carbocycles. The van der Waals surface area contributed by atoms with Gasteiger partial charge in [0.05, 0.1) is 30.1 Å². The van der Waals surface area contributed by atoms with Crippen molar-refractivity contribution in [3.63, 3.8) is 0 Å². The maximum Gasteiger partial charge on any atom is 0.417 e. The van der Waals surface area contributed by atoms with Crippen LogP contribution < -0.4 is 10.6 Å². The van der Waals surface area contributed by atoms with Gasteiger partial charge in [0.2, 0.25) is 0 Å². The first kappa shape index (κ1) is 32.5. The molecule has 1 saturated heterocycles. The van der Waals surface area contributed by atoms with E-state index in [2.05, 4.69) is 20.6 Å². The number of amides is 1. The first-order valence-corrected chi connectivity index (χ1v) is 12.3. The van der Waals surface area contributed by atoms with E-state index in [9.17, 15) is 35.5 Å². The van der Waals surface area contributed by atoms with E-state index in [1.807, 2.05) is 0 Å². The summed E-state index contributed by atoms with van der Waals surface area (Å²) in [7, 11) is 1.48. The number of nitrogens with one attached hydrogen (secondary N) is 3. The standard InChI is InChI=1S/C26H31F7N6O/c1-5-7-20(36-11-17(27)6-2)18(12-35-4)22(34)24(40)39-14-25(29,30)9-15(3)21(39)13-38-23-19(28)8-16(10-37-23)26(31,32)33/h6-8,10-12,15,21,34-35H,5,9,13-14H2,1-4H3,(H,37,38)/b17-6+,18-12-,20-7+,34-22?,36-11-. The zero-order valence-electron chi connectivity index (χ0n) is 22.3. The number of alkyl halides is 5. The highest BCUT2D eigenvalue weighted by molar-refractivity contribution is 6.45. The van der Waals surface area contributed by atoms with Crippen molar-refractivity contribution in [2.75, 3.05) is 25.5 Å². The van der Waals surface area contributed by atoms with Crippen LogP contribution in [0.1, 0.15) is 39.2 Å². The monoisotopic (exact) mass is 576 g/mol. The maximum atomic E-state index is 14.6. The minimum Gasteiger partial charge on any atom is -0.393 e. The van der Waals surface area contributed by atoms with Gasteiger partial charge in [0, 0.05) is 38.0 Å². The van der Waals surface area contributed by atoms with E-state index in [1.165, 1.54) is 33.2 Å². The zero-order valence-corrected chi connectivity index (χ0v) is 22.3. The predicted molar refractivity (Wildman–Crippen MR) is 139 cm³/mol. The quantitative estimate of drug-likeness (QED) is 0.184. The smallest absolute Gasteiger partial charge is 0.393 e. The number of carbonyl (C=O) groups excluding carboxylic acids is 1. The van der Waals surface area contributed by atoms with E-state index >= 15 is 0 Å². The topological polar surface area (TPSA) is 93.5 Å². The van der Waals surface area contributed by atoms with Crippen LogP contribution in [0.25, 0.3) is 0 Å². The SMILES string of the molecule is C\C=C(F)/C=N\C(=C\CC)C(=C\NC)\C(=N)C(=O)N1CC(F)(F)CC(C)C1CNc1ncc(C(F)(F)F)cc1F. The lowest BCUT2D eigenvalue weighted by atomic mass is 9.87. The third-order valence-corrected chi connectivity index (χ3v) is 6.04. The van der Waals surface area contributed by atoms with Gasteiger partial charge in [-0.2, -0.15) is 13.2 Å². The van der Waals surface area contributed by atoms with E-state index in [0.717, 1.165) is 17.2 Å². The van der Waals surface area contributed by atoms with Gasteiger partial charge in [-0.3, -0.25) is 15.2 Å². The number of nitrogens with zero attached hydrogens (tertiary/aromatic N) is 3. The molecule has 0 radical (unpaired) electrons. The Morgan fingerprint density at radius 1 is 1.35 bits per heavy atom. The molecule has 1 aromatic rings. The Morgan fingerprint density at radius 2 is 2.02 bits per heavy atom. The fraction of sp³-hybridized carbons (Fsp3) is 0.462. The van der Waals surface area contributed by atoms with Gasteiger partial charge in [-0.1, -0.05) is 26.0 Å². The van der Waals surface area contributed by atoms with E-state index in [1.54, 1.807) is 6.92 Å². The highest BCUT2D eigenvalue weighted by Crippen LogP contribution is 2.35. The number of likely N-dealkylation sites (tertiary alicyclic amines) is 1.